The maximum absolute atomic E-state index is 13.0. The van der Waals surface area contributed by atoms with E-state index < -0.39 is 53.8 Å². The Hall–Kier alpha value is -1.99. The summed E-state index contributed by atoms with van der Waals surface area (Å²) in [6, 6.07) is -3.99. The smallest absolute Gasteiger partial charge is 0.326 e. The molecule has 0 aromatic rings. The summed E-state index contributed by atoms with van der Waals surface area (Å²) in [6.07, 6.45) is 2.71. The van der Waals surface area contributed by atoms with Crippen molar-refractivity contribution in [2.45, 2.75) is 56.3 Å². The van der Waals surface area contributed by atoms with Crippen LogP contribution >= 0.6 is 24.4 Å². The Morgan fingerprint density at radius 1 is 1.16 bits per heavy atom. The van der Waals surface area contributed by atoms with Gasteiger partial charge in [0.15, 0.2) is 0 Å². The quantitative estimate of drug-likeness (QED) is 0.170. The highest BCUT2D eigenvalue weighted by molar-refractivity contribution is 7.98. The number of thiol groups is 1. The molecule has 4 amide bonds. The van der Waals surface area contributed by atoms with Crippen molar-refractivity contribution in [3.8, 4) is 0 Å². The standard InChI is InChI=1S/C18H31N5O6S2/c1-31-8-6-11(21-15(25)10(19)9-30)16(26)22-12(4-5-14(20)24)17(27)23-7-2-3-13(23)18(28)29/h10-13,30H,2-9,19H2,1H3,(H2,20,24)(H,21,25)(H,22,26)(H,28,29). The summed E-state index contributed by atoms with van der Waals surface area (Å²) in [4.78, 5) is 61.9. The molecule has 1 saturated heterocycles. The first kappa shape index (κ1) is 27.0. The monoisotopic (exact) mass is 477 g/mol. The van der Waals surface area contributed by atoms with Crippen molar-refractivity contribution in [2.75, 3.05) is 24.3 Å². The fourth-order valence-corrected chi connectivity index (χ4v) is 3.81. The highest BCUT2D eigenvalue weighted by Gasteiger charge is 2.38. The van der Waals surface area contributed by atoms with Crippen LogP contribution in [-0.2, 0) is 24.0 Å². The number of carbonyl (C=O) groups excluding carboxylic acids is 4. The molecule has 1 aliphatic heterocycles. The number of hydrogen-bond acceptors (Lipinski definition) is 8. The molecule has 1 rings (SSSR count). The Morgan fingerprint density at radius 2 is 1.81 bits per heavy atom. The van der Waals surface area contributed by atoms with Gasteiger partial charge in [-0.2, -0.15) is 24.4 Å². The van der Waals surface area contributed by atoms with E-state index in [9.17, 15) is 29.1 Å². The average Bonchev–Trinajstić information content (AvgIpc) is 3.22. The first-order valence-corrected chi connectivity index (χ1v) is 11.9. The number of hydrogen-bond donors (Lipinski definition) is 6. The van der Waals surface area contributed by atoms with Gasteiger partial charge < -0.3 is 32.1 Å². The van der Waals surface area contributed by atoms with Crippen LogP contribution in [0, 0.1) is 0 Å². The normalized spacial score (nSPS) is 18.7. The number of carbonyl (C=O) groups is 5. The zero-order valence-electron chi connectivity index (χ0n) is 17.4. The molecule has 176 valence electrons. The van der Waals surface area contributed by atoms with Gasteiger partial charge in [0, 0.05) is 18.7 Å². The zero-order chi connectivity index (χ0) is 23.6. The molecule has 4 atom stereocenters. The van der Waals surface area contributed by atoms with Crippen molar-refractivity contribution < 1.29 is 29.1 Å². The van der Waals surface area contributed by atoms with Gasteiger partial charge in [-0.1, -0.05) is 0 Å². The molecule has 0 saturated carbocycles. The molecule has 1 heterocycles. The van der Waals surface area contributed by atoms with Crippen LogP contribution in [-0.4, -0.2) is 88.1 Å². The van der Waals surface area contributed by atoms with Gasteiger partial charge in [-0.15, -0.1) is 0 Å². The molecule has 1 fully saturated rings. The van der Waals surface area contributed by atoms with Crippen molar-refractivity contribution in [1.82, 2.24) is 15.5 Å². The summed E-state index contributed by atoms with van der Waals surface area (Å²) in [5.74, 6) is -2.91. The van der Waals surface area contributed by atoms with Crippen molar-refractivity contribution in [1.29, 1.82) is 0 Å². The van der Waals surface area contributed by atoms with E-state index in [1.807, 2.05) is 6.26 Å². The molecular weight excluding hydrogens is 446 g/mol. The number of carboxylic acids is 1. The van der Waals surface area contributed by atoms with E-state index in [1.165, 1.54) is 16.7 Å². The maximum Gasteiger partial charge on any atom is 0.326 e. The Morgan fingerprint density at radius 3 is 2.35 bits per heavy atom. The number of aliphatic carboxylic acids is 1. The minimum Gasteiger partial charge on any atom is -0.480 e. The van der Waals surface area contributed by atoms with E-state index in [0.717, 1.165) is 0 Å². The van der Waals surface area contributed by atoms with Crippen LogP contribution in [0.25, 0.3) is 0 Å². The van der Waals surface area contributed by atoms with E-state index >= 15 is 0 Å². The van der Waals surface area contributed by atoms with Gasteiger partial charge in [0.1, 0.15) is 18.1 Å². The lowest BCUT2D eigenvalue weighted by atomic mass is 10.1. The van der Waals surface area contributed by atoms with Crippen LogP contribution in [0.15, 0.2) is 0 Å². The SMILES string of the molecule is CSCCC(NC(=O)C(N)CS)C(=O)NC(CCC(N)=O)C(=O)N1CCCC1C(=O)O. The van der Waals surface area contributed by atoms with Crippen LogP contribution in [0.2, 0.25) is 0 Å². The number of likely N-dealkylation sites (tertiary alicyclic amines) is 1. The van der Waals surface area contributed by atoms with Crippen LogP contribution in [0.5, 0.6) is 0 Å². The molecule has 13 heteroatoms. The molecule has 7 N–H and O–H groups in total. The summed E-state index contributed by atoms with van der Waals surface area (Å²) in [5, 5.41) is 14.5. The topological polar surface area (TPSA) is 185 Å². The van der Waals surface area contributed by atoms with Crippen LogP contribution in [0.3, 0.4) is 0 Å². The summed E-state index contributed by atoms with van der Waals surface area (Å²) in [5.41, 5.74) is 10.8. The Balaban J connectivity index is 2.99. The third-order valence-electron chi connectivity index (χ3n) is 4.89. The van der Waals surface area contributed by atoms with Gasteiger partial charge in [0.25, 0.3) is 0 Å². The van der Waals surface area contributed by atoms with Gasteiger partial charge in [-0.05, 0) is 37.7 Å². The van der Waals surface area contributed by atoms with Gasteiger partial charge >= 0.3 is 5.97 Å². The number of nitrogens with one attached hydrogen (secondary N) is 2. The lowest BCUT2D eigenvalue weighted by Gasteiger charge is -2.28. The van der Waals surface area contributed by atoms with E-state index in [1.54, 1.807) is 0 Å². The number of nitrogens with zero attached hydrogens (tertiary/aromatic N) is 1. The highest BCUT2D eigenvalue weighted by Crippen LogP contribution is 2.19. The minimum atomic E-state index is -1.15. The van der Waals surface area contributed by atoms with Crippen molar-refractivity contribution >= 4 is 54.0 Å². The molecule has 11 nitrogen and oxygen atoms in total. The fraction of sp³-hybridized carbons (Fsp3) is 0.722. The summed E-state index contributed by atoms with van der Waals surface area (Å²) in [7, 11) is 0. The minimum absolute atomic E-state index is 0.0813. The van der Waals surface area contributed by atoms with Crippen LogP contribution in [0.1, 0.15) is 32.1 Å². The molecule has 0 aromatic heterocycles. The van der Waals surface area contributed by atoms with Crippen LogP contribution in [0.4, 0.5) is 0 Å². The molecule has 4 unspecified atom stereocenters. The number of thioether (sulfide) groups is 1. The molecule has 31 heavy (non-hydrogen) atoms. The number of rotatable bonds is 13. The van der Waals surface area contributed by atoms with Gasteiger partial charge in [-0.3, -0.25) is 19.2 Å². The third-order valence-corrected chi connectivity index (χ3v) is 5.93. The second-order valence-corrected chi connectivity index (χ2v) is 8.58. The lowest BCUT2D eigenvalue weighted by molar-refractivity contribution is -0.149. The number of primary amides is 1. The number of amides is 4. The Bertz CT molecular complexity index is 680. The predicted octanol–water partition coefficient (Wildman–Crippen LogP) is -1.69. The van der Waals surface area contributed by atoms with E-state index in [2.05, 4.69) is 23.3 Å². The molecule has 0 bridgehead atoms. The highest BCUT2D eigenvalue weighted by atomic mass is 32.2. The first-order valence-electron chi connectivity index (χ1n) is 9.90. The van der Waals surface area contributed by atoms with Gasteiger partial charge in [0.2, 0.25) is 23.6 Å². The van der Waals surface area contributed by atoms with E-state index in [4.69, 9.17) is 11.5 Å². The van der Waals surface area contributed by atoms with Crippen LogP contribution < -0.4 is 22.1 Å². The molecule has 0 radical (unpaired) electrons. The molecule has 1 aliphatic rings. The van der Waals surface area contributed by atoms with Crippen molar-refractivity contribution in [3.63, 3.8) is 0 Å². The maximum atomic E-state index is 13.0. The predicted molar refractivity (Wildman–Crippen MR) is 119 cm³/mol. The summed E-state index contributed by atoms with van der Waals surface area (Å²) in [6.45, 7) is 0.238. The zero-order valence-corrected chi connectivity index (χ0v) is 19.1. The van der Waals surface area contributed by atoms with Gasteiger partial charge in [0.05, 0.1) is 6.04 Å². The Kier molecular flexibility index (Phi) is 11.7. The average molecular weight is 478 g/mol. The largest absolute Gasteiger partial charge is 0.480 e. The fourth-order valence-electron chi connectivity index (χ4n) is 3.17. The van der Waals surface area contributed by atoms with Gasteiger partial charge in [-0.25, -0.2) is 4.79 Å². The van der Waals surface area contributed by atoms with Crippen molar-refractivity contribution in [3.05, 3.63) is 0 Å². The second kappa shape index (κ2) is 13.4. The van der Waals surface area contributed by atoms with Crippen molar-refractivity contribution in [2.24, 2.45) is 11.5 Å². The molecule has 0 aliphatic carbocycles. The summed E-state index contributed by atoms with van der Waals surface area (Å²) >= 11 is 5.44. The molecule has 0 aromatic carbocycles. The number of nitrogens with two attached hydrogens (primary N) is 2. The van der Waals surface area contributed by atoms with E-state index in [0.29, 0.717) is 18.6 Å². The molecular formula is C18H31N5O6S2. The third kappa shape index (κ3) is 8.57. The summed E-state index contributed by atoms with van der Waals surface area (Å²) < 4.78 is 0. The first-order chi connectivity index (χ1) is 14.6. The molecule has 0 spiro atoms. The Labute approximate surface area is 190 Å². The second-order valence-electron chi connectivity index (χ2n) is 7.23. The lowest BCUT2D eigenvalue weighted by Crippen LogP contribution is -2.57. The number of carboxylic acid groups (broad SMARTS) is 1. The van der Waals surface area contributed by atoms with E-state index in [-0.39, 0.29) is 31.6 Å².